The molecule has 0 unspecified atom stereocenters. The Balaban J connectivity index is 0.00000264. The van der Waals surface area contributed by atoms with Crippen LogP contribution < -0.4 is 15.4 Å². The Morgan fingerprint density at radius 1 is 1.43 bits per heavy atom. The van der Waals surface area contributed by atoms with Gasteiger partial charge in [-0.05, 0) is 38.4 Å². The first-order chi connectivity index (χ1) is 10.6. The van der Waals surface area contributed by atoms with E-state index in [-0.39, 0.29) is 36.6 Å². The lowest BCUT2D eigenvalue weighted by molar-refractivity contribution is -0.120. The molecular formula is C16H24ClFN2O3. The molecule has 0 aliphatic carbocycles. The number of benzene rings is 1. The molecular weight excluding hydrogens is 323 g/mol. The quantitative estimate of drug-likeness (QED) is 0.777. The molecule has 1 amide bonds. The summed E-state index contributed by atoms with van der Waals surface area (Å²) in [5, 5.41) is 6.09. The third kappa shape index (κ3) is 5.97. The largest absolute Gasteiger partial charge is 0.488 e. The Hall–Kier alpha value is -1.37. The molecule has 1 saturated heterocycles. The molecule has 7 heteroatoms. The summed E-state index contributed by atoms with van der Waals surface area (Å²) < 4.78 is 24.0. The number of hydrogen-bond donors (Lipinski definition) is 2. The van der Waals surface area contributed by atoms with Crippen molar-refractivity contribution in [3.8, 4) is 5.75 Å². The highest BCUT2D eigenvalue weighted by molar-refractivity contribution is 5.92. The molecule has 0 radical (unpaired) electrons. The standard InChI is InChI=1S/C16H23FN2O3.ClH/c1-11-9-12(5-6-18-11)16(20)19-13-3-4-15(14(17)10-13)22-8-7-21-2;/h3-4,10-12,18H,5-9H2,1-2H3,(H,19,20);1H/t11-,12-;/m0./s1. The second-order valence-corrected chi connectivity index (χ2v) is 5.55. The van der Waals surface area contributed by atoms with Crippen molar-refractivity contribution in [3.63, 3.8) is 0 Å². The van der Waals surface area contributed by atoms with E-state index in [1.807, 2.05) is 0 Å². The molecule has 1 fully saturated rings. The molecule has 1 aromatic rings. The molecule has 1 aromatic carbocycles. The average molecular weight is 347 g/mol. The summed E-state index contributed by atoms with van der Waals surface area (Å²) >= 11 is 0. The number of halogens is 2. The highest BCUT2D eigenvalue weighted by atomic mass is 35.5. The zero-order chi connectivity index (χ0) is 15.9. The van der Waals surface area contributed by atoms with Gasteiger partial charge in [0.2, 0.25) is 5.91 Å². The van der Waals surface area contributed by atoms with Gasteiger partial charge in [0.05, 0.1) is 6.61 Å². The van der Waals surface area contributed by atoms with Gasteiger partial charge in [0, 0.05) is 30.8 Å². The van der Waals surface area contributed by atoms with E-state index >= 15 is 0 Å². The monoisotopic (exact) mass is 346 g/mol. The highest BCUT2D eigenvalue weighted by Gasteiger charge is 2.24. The van der Waals surface area contributed by atoms with Gasteiger partial charge >= 0.3 is 0 Å². The number of carbonyl (C=O) groups is 1. The Kier molecular flexibility index (Phi) is 8.30. The van der Waals surface area contributed by atoms with Gasteiger partial charge in [0.25, 0.3) is 0 Å². The van der Waals surface area contributed by atoms with Crippen LogP contribution in [0.3, 0.4) is 0 Å². The summed E-state index contributed by atoms with van der Waals surface area (Å²) in [4.78, 5) is 12.2. The topological polar surface area (TPSA) is 59.6 Å². The summed E-state index contributed by atoms with van der Waals surface area (Å²) in [5.41, 5.74) is 0.452. The van der Waals surface area contributed by atoms with Gasteiger partial charge in [-0.25, -0.2) is 4.39 Å². The fourth-order valence-electron chi connectivity index (χ4n) is 2.54. The van der Waals surface area contributed by atoms with E-state index < -0.39 is 5.82 Å². The number of hydrogen-bond acceptors (Lipinski definition) is 4. The van der Waals surface area contributed by atoms with Gasteiger partial charge in [-0.15, -0.1) is 12.4 Å². The van der Waals surface area contributed by atoms with Crippen LogP contribution in [0.5, 0.6) is 5.75 Å². The van der Waals surface area contributed by atoms with Crippen LogP contribution in [0.1, 0.15) is 19.8 Å². The maximum absolute atomic E-state index is 13.9. The Morgan fingerprint density at radius 3 is 2.87 bits per heavy atom. The fraction of sp³-hybridized carbons (Fsp3) is 0.562. The van der Waals surface area contributed by atoms with Crippen LogP contribution in [0.15, 0.2) is 18.2 Å². The van der Waals surface area contributed by atoms with Crippen molar-refractivity contribution >= 4 is 24.0 Å². The van der Waals surface area contributed by atoms with E-state index in [2.05, 4.69) is 17.6 Å². The highest BCUT2D eigenvalue weighted by Crippen LogP contribution is 2.23. The number of nitrogens with one attached hydrogen (secondary N) is 2. The summed E-state index contributed by atoms with van der Waals surface area (Å²) in [7, 11) is 1.56. The van der Waals surface area contributed by atoms with E-state index in [0.29, 0.717) is 18.3 Å². The number of amides is 1. The van der Waals surface area contributed by atoms with Crippen molar-refractivity contribution in [1.29, 1.82) is 0 Å². The molecule has 2 N–H and O–H groups in total. The number of methoxy groups -OCH3 is 1. The maximum Gasteiger partial charge on any atom is 0.227 e. The smallest absolute Gasteiger partial charge is 0.227 e. The number of carbonyl (C=O) groups excluding carboxylic acids is 1. The molecule has 0 saturated carbocycles. The van der Waals surface area contributed by atoms with Crippen LogP contribution in [0.2, 0.25) is 0 Å². The summed E-state index contributed by atoms with van der Waals surface area (Å²) in [6, 6.07) is 4.78. The van der Waals surface area contributed by atoms with E-state index in [9.17, 15) is 9.18 Å². The summed E-state index contributed by atoms with van der Waals surface area (Å²) in [5.74, 6) is -0.420. The molecule has 130 valence electrons. The van der Waals surface area contributed by atoms with E-state index in [1.165, 1.54) is 12.1 Å². The van der Waals surface area contributed by atoms with Gasteiger partial charge in [0.15, 0.2) is 11.6 Å². The van der Waals surface area contributed by atoms with Crippen LogP contribution in [0, 0.1) is 11.7 Å². The predicted octanol–water partition coefficient (Wildman–Crippen LogP) is 2.60. The minimum absolute atomic E-state index is 0. The molecule has 1 aliphatic heterocycles. The number of ether oxygens (including phenoxy) is 2. The van der Waals surface area contributed by atoms with Gasteiger partial charge in [0.1, 0.15) is 6.61 Å². The number of piperidine rings is 1. The van der Waals surface area contributed by atoms with E-state index in [1.54, 1.807) is 13.2 Å². The van der Waals surface area contributed by atoms with Crippen molar-refractivity contribution in [2.45, 2.75) is 25.8 Å². The molecule has 5 nitrogen and oxygen atoms in total. The minimum Gasteiger partial charge on any atom is -0.488 e. The molecule has 0 spiro atoms. The first kappa shape index (κ1) is 19.7. The Morgan fingerprint density at radius 2 is 2.22 bits per heavy atom. The summed E-state index contributed by atoms with van der Waals surface area (Å²) in [6.45, 7) is 3.57. The van der Waals surface area contributed by atoms with Crippen LogP contribution in [-0.4, -0.2) is 38.8 Å². The molecule has 1 aliphatic rings. The van der Waals surface area contributed by atoms with E-state index in [4.69, 9.17) is 9.47 Å². The van der Waals surface area contributed by atoms with Gasteiger partial charge in [-0.2, -0.15) is 0 Å². The average Bonchev–Trinajstić information content (AvgIpc) is 2.49. The fourth-order valence-corrected chi connectivity index (χ4v) is 2.54. The van der Waals surface area contributed by atoms with Crippen LogP contribution in [0.25, 0.3) is 0 Å². The first-order valence-corrected chi connectivity index (χ1v) is 7.55. The lowest BCUT2D eigenvalue weighted by Crippen LogP contribution is -2.40. The number of rotatable bonds is 6. The predicted molar refractivity (Wildman–Crippen MR) is 89.8 cm³/mol. The maximum atomic E-state index is 13.9. The van der Waals surface area contributed by atoms with Crippen molar-refractivity contribution < 1.29 is 18.7 Å². The van der Waals surface area contributed by atoms with Crippen LogP contribution in [-0.2, 0) is 9.53 Å². The lowest BCUT2D eigenvalue weighted by atomic mass is 9.92. The lowest BCUT2D eigenvalue weighted by Gasteiger charge is -2.27. The summed E-state index contributed by atoms with van der Waals surface area (Å²) in [6.07, 6.45) is 1.60. The minimum atomic E-state index is -0.493. The molecule has 2 rings (SSSR count). The SMILES string of the molecule is COCCOc1ccc(NC(=O)[C@H]2CCN[C@@H](C)C2)cc1F.Cl. The third-order valence-electron chi connectivity index (χ3n) is 3.74. The zero-order valence-electron chi connectivity index (χ0n) is 13.4. The molecule has 0 bridgehead atoms. The van der Waals surface area contributed by atoms with Crippen molar-refractivity contribution in [1.82, 2.24) is 5.32 Å². The van der Waals surface area contributed by atoms with E-state index in [0.717, 1.165) is 19.4 Å². The molecule has 23 heavy (non-hydrogen) atoms. The zero-order valence-corrected chi connectivity index (χ0v) is 14.2. The van der Waals surface area contributed by atoms with Crippen molar-refractivity contribution in [2.75, 3.05) is 32.2 Å². The van der Waals surface area contributed by atoms with Crippen molar-refractivity contribution in [2.24, 2.45) is 5.92 Å². The Bertz CT molecular complexity index is 516. The molecule has 2 atom stereocenters. The van der Waals surface area contributed by atoms with Crippen molar-refractivity contribution in [3.05, 3.63) is 24.0 Å². The molecule has 1 heterocycles. The van der Waals surface area contributed by atoms with Gasteiger partial charge < -0.3 is 20.1 Å². The van der Waals surface area contributed by atoms with Crippen LogP contribution >= 0.6 is 12.4 Å². The second-order valence-electron chi connectivity index (χ2n) is 5.55. The molecule has 0 aromatic heterocycles. The third-order valence-corrected chi connectivity index (χ3v) is 3.74. The first-order valence-electron chi connectivity index (χ1n) is 7.55. The second kappa shape index (κ2) is 9.70. The Labute approximate surface area is 142 Å². The van der Waals surface area contributed by atoms with Gasteiger partial charge in [-0.3, -0.25) is 4.79 Å². The number of anilines is 1. The normalized spacial score (nSPS) is 20.5. The van der Waals surface area contributed by atoms with Gasteiger partial charge in [-0.1, -0.05) is 0 Å². The van der Waals surface area contributed by atoms with Crippen LogP contribution in [0.4, 0.5) is 10.1 Å².